The Bertz CT molecular complexity index is 497. The normalized spacial score (nSPS) is 11.4. The van der Waals surface area contributed by atoms with Crippen LogP contribution in [0.2, 0.25) is 0 Å². The molecule has 0 atom stereocenters. The Morgan fingerprint density at radius 1 is 0.962 bits per heavy atom. The van der Waals surface area contributed by atoms with E-state index in [1.807, 2.05) is 18.2 Å². The first-order valence-corrected chi connectivity index (χ1v) is 9.02. The predicted molar refractivity (Wildman–Crippen MR) is 104 cm³/mol. The molecular formula is C19H33N3O4. The molecule has 0 radical (unpaired) electrons. The first-order chi connectivity index (χ1) is 12.8. The van der Waals surface area contributed by atoms with Gasteiger partial charge in [-0.15, -0.1) is 0 Å². The maximum atomic E-state index is 5.73. The molecule has 7 heteroatoms. The van der Waals surface area contributed by atoms with Crippen molar-refractivity contribution in [2.45, 2.75) is 19.4 Å². The highest BCUT2D eigenvalue weighted by atomic mass is 16.5. The van der Waals surface area contributed by atoms with Crippen LogP contribution in [0.25, 0.3) is 0 Å². The summed E-state index contributed by atoms with van der Waals surface area (Å²) in [5, 5.41) is 6.58. The van der Waals surface area contributed by atoms with Gasteiger partial charge in [-0.1, -0.05) is 12.1 Å². The summed E-state index contributed by atoms with van der Waals surface area (Å²) in [5.41, 5.74) is 1.14. The van der Waals surface area contributed by atoms with Crippen LogP contribution < -0.4 is 15.4 Å². The van der Waals surface area contributed by atoms with E-state index in [9.17, 15) is 0 Å². The molecule has 0 spiro atoms. The Hall–Kier alpha value is -1.83. The Morgan fingerprint density at radius 2 is 1.81 bits per heavy atom. The molecule has 0 fully saturated rings. The van der Waals surface area contributed by atoms with Gasteiger partial charge in [0.05, 0.1) is 19.8 Å². The summed E-state index contributed by atoms with van der Waals surface area (Å²) < 4.78 is 21.1. The summed E-state index contributed by atoms with van der Waals surface area (Å²) >= 11 is 0. The summed E-state index contributed by atoms with van der Waals surface area (Å²) in [6.45, 7) is 4.81. The number of rotatable bonds is 14. The van der Waals surface area contributed by atoms with Gasteiger partial charge in [0.1, 0.15) is 5.75 Å². The van der Waals surface area contributed by atoms with E-state index in [4.69, 9.17) is 18.9 Å². The molecule has 0 aliphatic rings. The second kappa shape index (κ2) is 15.4. The zero-order chi connectivity index (χ0) is 18.9. The lowest BCUT2D eigenvalue weighted by molar-refractivity contribution is 0.0698. The van der Waals surface area contributed by atoms with Crippen molar-refractivity contribution in [3.05, 3.63) is 29.8 Å². The number of nitrogens with zero attached hydrogens (tertiary/aromatic N) is 1. The fourth-order valence-corrected chi connectivity index (χ4v) is 2.17. The first-order valence-electron chi connectivity index (χ1n) is 9.02. The Morgan fingerprint density at radius 3 is 2.58 bits per heavy atom. The Kier molecular flexibility index (Phi) is 13.2. The van der Waals surface area contributed by atoms with E-state index in [0.29, 0.717) is 39.6 Å². The third kappa shape index (κ3) is 10.9. The Balaban J connectivity index is 2.24. The van der Waals surface area contributed by atoms with Crippen molar-refractivity contribution < 1.29 is 18.9 Å². The molecule has 0 aliphatic heterocycles. The number of aliphatic imine (C=N–C) groups is 1. The van der Waals surface area contributed by atoms with Crippen LogP contribution >= 0.6 is 0 Å². The van der Waals surface area contributed by atoms with Crippen LogP contribution in [-0.2, 0) is 20.8 Å². The van der Waals surface area contributed by atoms with Crippen molar-refractivity contribution in [1.29, 1.82) is 0 Å². The van der Waals surface area contributed by atoms with Crippen LogP contribution in [0.4, 0.5) is 0 Å². The fraction of sp³-hybridized carbons (Fsp3) is 0.632. The maximum Gasteiger partial charge on any atom is 0.191 e. The highest BCUT2D eigenvalue weighted by molar-refractivity contribution is 5.79. The molecule has 0 saturated heterocycles. The van der Waals surface area contributed by atoms with Crippen LogP contribution in [0.3, 0.4) is 0 Å². The summed E-state index contributed by atoms with van der Waals surface area (Å²) in [7, 11) is 5.13. The number of methoxy groups -OCH3 is 2. The second-order valence-corrected chi connectivity index (χ2v) is 5.65. The lowest BCUT2D eigenvalue weighted by Gasteiger charge is -2.13. The molecule has 7 nitrogen and oxygen atoms in total. The topological polar surface area (TPSA) is 73.3 Å². The molecule has 0 heterocycles. The van der Waals surface area contributed by atoms with E-state index >= 15 is 0 Å². The number of ether oxygens (including phenoxy) is 4. The fourth-order valence-electron chi connectivity index (χ4n) is 2.17. The minimum Gasteiger partial charge on any atom is -0.493 e. The van der Waals surface area contributed by atoms with Gasteiger partial charge in [0.15, 0.2) is 5.96 Å². The molecule has 2 N–H and O–H groups in total. The zero-order valence-electron chi connectivity index (χ0n) is 16.3. The van der Waals surface area contributed by atoms with Crippen molar-refractivity contribution in [2.24, 2.45) is 4.99 Å². The first kappa shape index (κ1) is 22.2. The number of hydrogen-bond donors (Lipinski definition) is 2. The van der Waals surface area contributed by atoms with E-state index in [-0.39, 0.29) is 0 Å². The molecular weight excluding hydrogens is 334 g/mol. The molecule has 26 heavy (non-hydrogen) atoms. The number of nitrogens with one attached hydrogen (secondary N) is 2. The zero-order valence-corrected chi connectivity index (χ0v) is 16.3. The maximum absolute atomic E-state index is 5.73. The molecule has 0 saturated carbocycles. The van der Waals surface area contributed by atoms with Gasteiger partial charge >= 0.3 is 0 Å². The molecule has 1 aromatic carbocycles. The van der Waals surface area contributed by atoms with Gasteiger partial charge in [-0.05, 0) is 24.1 Å². The van der Waals surface area contributed by atoms with Crippen LogP contribution in [-0.4, -0.2) is 66.8 Å². The summed E-state index contributed by atoms with van der Waals surface area (Å²) in [6.07, 6.45) is 1.79. The molecule has 0 amide bonds. The number of hydrogen-bond acceptors (Lipinski definition) is 5. The standard InChI is InChI=1S/C19H33N3O4/c1-20-19(21-9-5-11-25-14-13-24-3)22-16-17-7-4-8-18(15-17)26-12-6-10-23-2/h4,7-8,15H,5-6,9-14,16H2,1-3H3,(H2,20,21,22). The molecule has 1 rings (SSSR count). The SMILES string of the molecule is CN=C(NCCCOCCOC)NCc1cccc(OCCCOC)c1. The molecule has 0 aromatic heterocycles. The lowest BCUT2D eigenvalue weighted by Crippen LogP contribution is -2.37. The van der Waals surface area contributed by atoms with Crippen molar-refractivity contribution >= 4 is 5.96 Å². The molecule has 0 unspecified atom stereocenters. The highest BCUT2D eigenvalue weighted by Crippen LogP contribution is 2.13. The van der Waals surface area contributed by atoms with E-state index in [1.165, 1.54) is 0 Å². The highest BCUT2D eigenvalue weighted by Gasteiger charge is 2.00. The molecule has 0 bridgehead atoms. The molecule has 148 valence electrons. The third-order valence-electron chi connectivity index (χ3n) is 3.53. The van der Waals surface area contributed by atoms with Gasteiger partial charge in [0.2, 0.25) is 0 Å². The van der Waals surface area contributed by atoms with Crippen molar-refractivity contribution in [2.75, 3.05) is 60.8 Å². The minimum absolute atomic E-state index is 0.631. The van der Waals surface area contributed by atoms with Crippen molar-refractivity contribution in [1.82, 2.24) is 10.6 Å². The van der Waals surface area contributed by atoms with E-state index in [1.54, 1.807) is 21.3 Å². The van der Waals surface area contributed by atoms with Crippen LogP contribution in [0.15, 0.2) is 29.3 Å². The van der Waals surface area contributed by atoms with Crippen LogP contribution in [0.5, 0.6) is 5.75 Å². The van der Waals surface area contributed by atoms with Gasteiger partial charge in [0.25, 0.3) is 0 Å². The average molecular weight is 367 g/mol. The van der Waals surface area contributed by atoms with E-state index in [0.717, 1.165) is 36.7 Å². The smallest absolute Gasteiger partial charge is 0.191 e. The summed E-state index contributed by atoms with van der Waals surface area (Å²) in [6, 6.07) is 8.06. The Labute approximate surface area is 157 Å². The second-order valence-electron chi connectivity index (χ2n) is 5.65. The summed E-state index contributed by atoms with van der Waals surface area (Å²) in [4.78, 5) is 4.23. The third-order valence-corrected chi connectivity index (χ3v) is 3.53. The van der Waals surface area contributed by atoms with Gasteiger partial charge in [0, 0.05) is 54.0 Å². The van der Waals surface area contributed by atoms with Gasteiger partial charge in [-0.25, -0.2) is 0 Å². The van der Waals surface area contributed by atoms with E-state index < -0.39 is 0 Å². The predicted octanol–water partition coefficient (Wildman–Crippen LogP) is 1.82. The monoisotopic (exact) mass is 367 g/mol. The van der Waals surface area contributed by atoms with Gasteiger partial charge in [-0.2, -0.15) is 0 Å². The van der Waals surface area contributed by atoms with Crippen LogP contribution in [0, 0.1) is 0 Å². The minimum atomic E-state index is 0.631. The molecule has 1 aromatic rings. The van der Waals surface area contributed by atoms with Crippen molar-refractivity contribution in [3.8, 4) is 5.75 Å². The largest absolute Gasteiger partial charge is 0.493 e. The quantitative estimate of drug-likeness (QED) is 0.297. The molecule has 0 aliphatic carbocycles. The number of benzene rings is 1. The lowest BCUT2D eigenvalue weighted by atomic mass is 10.2. The average Bonchev–Trinajstić information content (AvgIpc) is 2.67. The van der Waals surface area contributed by atoms with Crippen molar-refractivity contribution in [3.63, 3.8) is 0 Å². The van der Waals surface area contributed by atoms with Gasteiger partial charge < -0.3 is 29.6 Å². The van der Waals surface area contributed by atoms with Crippen LogP contribution in [0.1, 0.15) is 18.4 Å². The summed E-state index contributed by atoms with van der Waals surface area (Å²) in [5.74, 6) is 1.64. The van der Waals surface area contributed by atoms with E-state index in [2.05, 4.69) is 21.7 Å². The van der Waals surface area contributed by atoms with Gasteiger partial charge in [-0.3, -0.25) is 4.99 Å². The number of guanidine groups is 1.